The van der Waals surface area contributed by atoms with E-state index in [9.17, 15) is 18.0 Å². The number of carbonyl (C=O) groups is 2. The van der Waals surface area contributed by atoms with Crippen molar-refractivity contribution < 1.29 is 18.0 Å². The maximum atomic E-state index is 12.2. The highest BCUT2D eigenvalue weighted by Crippen LogP contribution is 2.21. The first-order chi connectivity index (χ1) is 10.3. The molecular formula is C14H13N3O4S. The Kier molecular flexibility index (Phi) is 4.22. The number of sulfone groups is 1. The van der Waals surface area contributed by atoms with Crippen LogP contribution >= 0.6 is 0 Å². The summed E-state index contributed by atoms with van der Waals surface area (Å²) >= 11 is 0. The highest BCUT2D eigenvalue weighted by molar-refractivity contribution is 7.90. The molecule has 0 fully saturated rings. The Labute approximate surface area is 127 Å². The predicted molar refractivity (Wildman–Crippen MR) is 80.3 cm³/mol. The van der Waals surface area contributed by atoms with Crippen LogP contribution in [-0.4, -0.2) is 31.5 Å². The lowest BCUT2D eigenvalue weighted by atomic mass is 10.1. The quantitative estimate of drug-likeness (QED) is 0.865. The van der Waals surface area contributed by atoms with Gasteiger partial charge in [-0.25, -0.2) is 8.42 Å². The van der Waals surface area contributed by atoms with Crippen LogP contribution in [0, 0.1) is 0 Å². The molecule has 3 N–H and O–H groups in total. The average molecular weight is 319 g/mol. The Morgan fingerprint density at radius 3 is 2.45 bits per heavy atom. The van der Waals surface area contributed by atoms with E-state index in [1.807, 2.05) is 0 Å². The van der Waals surface area contributed by atoms with Crippen LogP contribution in [0.5, 0.6) is 0 Å². The van der Waals surface area contributed by atoms with E-state index in [4.69, 9.17) is 5.73 Å². The van der Waals surface area contributed by atoms with Gasteiger partial charge in [0, 0.05) is 12.5 Å². The van der Waals surface area contributed by atoms with Gasteiger partial charge in [-0.15, -0.1) is 0 Å². The summed E-state index contributed by atoms with van der Waals surface area (Å²) in [5.41, 5.74) is 5.08. The van der Waals surface area contributed by atoms with Crippen molar-refractivity contribution in [2.24, 2.45) is 5.73 Å². The number of anilines is 1. The van der Waals surface area contributed by atoms with Crippen molar-refractivity contribution in [3.63, 3.8) is 0 Å². The molecule has 7 nitrogen and oxygen atoms in total. The molecule has 0 saturated carbocycles. The average Bonchev–Trinajstić information content (AvgIpc) is 2.46. The smallest absolute Gasteiger partial charge is 0.275 e. The van der Waals surface area contributed by atoms with Crippen LogP contribution in [0.3, 0.4) is 0 Å². The molecule has 0 aliphatic rings. The Morgan fingerprint density at radius 1 is 1.14 bits per heavy atom. The summed E-state index contributed by atoms with van der Waals surface area (Å²) in [6.07, 6.45) is 2.37. The van der Waals surface area contributed by atoms with Crippen LogP contribution in [-0.2, 0) is 9.84 Å². The zero-order valence-corrected chi connectivity index (χ0v) is 12.4. The van der Waals surface area contributed by atoms with Crippen molar-refractivity contribution in [3.8, 4) is 0 Å². The van der Waals surface area contributed by atoms with Crippen molar-refractivity contribution in [1.82, 2.24) is 4.98 Å². The molecule has 2 aromatic rings. The molecule has 0 spiro atoms. The van der Waals surface area contributed by atoms with Crippen molar-refractivity contribution in [2.45, 2.75) is 4.90 Å². The van der Waals surface area contributed by atoms with E-state index in [1.54, 1.807) is 12.1 Å². The number of benzene rings is 1. The highest BCUT2D eigenvalue weighted by atomic mass is 32.2. The molecular weight excluding hydrogens is 306 g/mol. The van der Waals surface area contributed by atoms with Gasteiger partial charge in [0.25, 0.3) is 11.8 Å². The number of rotatable bonds is 4. The highest BCUT2D eigenvalue weighted by Gasteiger charge is 2.19. The number of carbonyl (C=O) groups excluding carboxylic acids is 2. The third kappa shape index (κ3) is 3.29. The lowest BCUT2D eigenvalue weighted by molar-refractivity contribution is 0.0974. The number of primary amides is 1. The Bertz CT molecular complexity index is 847. The molecule has 0 radical (unpaired) electrons. The maximum Gasteiger partial charge on any atom is 0.275 e. The van der Waals surface area contributed by atoms with E-state index in [2.05, 4.69) is 10.3 Å². The molecule has 1 aromatic heterocycles. The molecule has 1 heterocycles. The van der Waals surface area contributed by atoms with Gasteiger partial charge in [-0.3, -0.25) is 14.6 Å². The van der Waals surface area contributed by atoms with E-state index < -0.39 is 21.7 Å². The summed E-state index contributed by atoms with van der Waals surface area (Å²) in [5, 5.41) is 2.44. The summed E-state index contributed by atoms with van der Waals surface area (Å²) in [6, 6.07) is 8.78. The number of amides is 2. The van der Waals surface area contributed by atoms with Gasteiger partial charge in [0.2, 0.25) is 0 Å². The summed E-state index contributed by atoms with van der Waals surface area (Å²) in [7, 11) is -3.51. The standard InChI is InChI=1S/C14H13N3O4S/c1-22(20,21)11-7-3-2-6-10(11)17-14(19)12-9(13(15)18)5-4-8-16-12/h2-8H,1H3,(H2,15,18)(H,17,19). The second-order valence-corrected chi connectivity index (χ2v) is 6.47. The van der Waals surface area contributed by atoms with Crippen molar-refractivity contribution in [1.29, 1.82) is 0 Å². The minimum atomic E-state index is -3.51. The molecule has 0 saturated heterocycles. The number of nitrogens with one attached hydrogen (secondary N) is 1. The van der Waals surface area contributed by atoms with Crippen LogP contribution < -0.4 is 11.1 Å². The second-order valence-electron chi connectivity index (χ2n) is 4.49. The zero-order valence-electron chi connectivity index (χ0n) is 11.6. The third-order valence-corrected chi connectivity index (χ3v) is 3.98. The Morgan fingerprint density at radius 2 is 1.82 bits per heavy atom. The summed E-state index contributed by atoms with van der Waals surface area (Å²) in [6.45, 7) is 0. The number of hydrogen-bond donors (Lipinski definition) is 2. The van der Waals surface area contributed by atoms with Crippen molar-refractivity contribution in [3.05, 3.63) is 53.9 Å². The number of pyridine rings is 1. The van der Waals surface area contributed by atoms with Crippen LogP contribution in [0.25, 0.3) is 0 Å². The van der Waals surface area contributed by atoms with E-state index in [0.717, 1.165) is 6.26 Å². The fourth-order valence-corrected chi connectivity index (χ4v) is 2.70. The number of nitrogens with zero attached hydrogens (tertiary/aromatic N) is 1. The van der Waals surface area contributed by atoms with Gasteiger partial charge in [-0.05, 0) is 24.3 Å². The fourth-order valence-electron chi connectivity index (χ4n) is 1.86. The van der Waals surface area contributed by atoms with Gasteiger partial charge in [-0.1, -0.05) is 12.1 Å². The summed E-state index contributed by atoms with van der Waals surface area (Å²) in [5.74, 6) is -1.51. The molecule has 0 atom stereocenters. The molecule has 0 unspecified atom stereocenters. The van der Waals surface area contributed by atoms with Crippen molar-refractivity contribution >= 4 is 27.3 Å². The Hall–Kier alpha value is -2.74. The SMILES string of the molecule is CS(=O)(=O)c1ccccc1NC(=O)c1ncccc1C(N)=O. The number of para-hydroxylation sites is 1. The fraction of sp³-hybridized carbons (Fsp3) is 0.0714. The van der Waals surface area contributed by atoms with Crippen LogP contribution in [0.1, 0.15) is 20.8 Å². The normalized spacial score (nSPS) is 11.0. The van der Waals surface area contributed by atoms with Gasteiger partial charge >= 0.3 is 0 Å². The monoisotopic (exact) mass is 319 g/mol. The summed E-state index contributed by atoms with van der Waals surface area (Å²) in [4.78, 5) is 27.4. The molecule has 8 heteroatoms. The maximum absolute atomic E-state index is 12.2. The van der Waals surface area contributed by atoms with Crippen LogP contribution in [0.2, 0.25) is 0 Å². The first-order valence-electron chi connectivity index (χ1n) is 6.16. The van der Waals surface area contributed by atoms with Crippen LogP contribution in [0.15, 0.2) is 47.5 Å². The lowest BCUT2D eigenvalue weighted by Gasteiger charge is -2.10. The van der Waals surface area contributed by atoms with Gasteiger partial charge in [0.15, 0.2) is 9.84 Å². The minimum Gasteiger partial charge on any atom is -0.366 e. The van der Waals surface area contributed by atoms with E-state index in [0.29, 0.717) is 0 Å². The minimum absolute atomic E-state index is 0.0279. The van der Waals surface area contributed by atoms with Gasteiger partial charge in [0.05, 0.1) is 16.1 Å². The van der Waals surface area contributed by atoms with E-state index in [-0.39, 0.29) is 21.8 Å². The predicted octanol–water partition coefficient (Wildman–Crippen LogP) is 0.836. The summed E-state index contributed by atoms with van der Waals surface area (Å²) < 4.78 is 23.4. The number of aromatic nitrogens is 1. The molecule has 2 amide bonds. The first kappa shape index (κ1) is 15.6. The molecule has 114 valence electrons. The molecule has 1 aromatic carbocycles. The van der Waals surface area contributed by atoms with Gasteiger partial charge in [0.1, 0.15) is 5.69 Å². The van der Waals surface area contributed by atoms with E-state index >= 15 is 0 Å². The third-order valence-electron chi connectivity index (χ3n) is 2.82. The second kappa shape index (κ2) is 5.94. The molecule has 2 rings (SSSR count). The molecule has 0 aliphatic carbocycles. The zero-order chi connectivity index (χ0) is 16.3. The molecule has 22 heavy (non-hydrogen) atoms. The first-order valence-corrected chi connectivity index (χ1v) is 8.05. The van der Waals surface area contributed by atoms with Gasteiger partial charge < -0.3 is 11.1 Å². The molecule has 0 bridgehead atoms. The molecule has 0 aliphatic heterocycles. The topological polar surface area (TPSA) is 119 Å². The largest absolute Gasteiger partial charge is 0.366 e. The lowest BCUT2D eigenvalue weighted by Crippen LogP contribution is -2.22. The van der Waals surface area contributed by atoms with Crippen LogP contribution in [0.4, 0.5) is 5.69 Å². The van der Waals surface area contributed by atoms with Crippen molar-refractivity contribution in [2.75, 3.05) is 11.6 Å². The number of hydrogen-bond acceptors (Lipinski definition) is 5. The van der Waals surface area contributed by atoms with Gasteiger partial charge in [-0.2, -0.15) is 0 Å². The van der Waals surface area contributed by atoms with E-state index in [1.165, 1.54) is 30.5 Å². The number of nitrogens with two attached hydrogens (primary N) is 1. The Balaban J connectivity index is 2.42.